The van der Waals surface area contributed by atoms with E-state index in [1.165, 1.54) is 0 Å². The minimum atomic E-state index is 0.0460. The van der Waals surface area contributed by atoms with E-state index >= 15 is 0 Å². The highest BCUT2D eigenvalue weighted by atomic mass is 35.5. The van der Waals surface area contributed by atoms with E-state index in [1.807, 2.05) is 56.3 Å². The van der Waals surface area contributed by atoms with Gasteiger partial charge in [0, 0.05) is 12.2 Å². The molecule has 0 atom stereocenters. The lowest BCUT2D eigenvalue weighted by Gasteiger charge is -2.16. The number of anilines is 1. The van der Waals surface area contributed by atoms with E-state index in [1.54, 1.807) is 7.11 Å². The molecule has 4 heteroatoms. The fourth-order valence-electron chi connectivity index (χ4n) is 1.99. The van der Waals surface area contributed by atoms with Crippen molar-refractivity contribution < 1.29 is 9.47 Å². The van der Waals surface area contributed by atoms with E-state index in [9.17, 15) is 0 Å². The van der Waals surface area contributed by atoms with Crippen LogP contribution in [0.4, 0.5) is 5.69 Å². The molecule has 0 radical (unpaired) electrons. The highest BCUT2D eigenvalue weighted by molar-refractivity contribution is 6.32. The zero-order valence-corrected chi connectivity index (χ0v) is 13.3. The molecule has 2 aromatic carbocycles. The van der Waals surface area contributed by atoms with Crippen molar-refractivity contribution in [3.8, 4) is 11.5 Å². The molecule has 0 saturated carbocycles. The molecule has 0 aliphatic carbocycles. The van der Waals surface area contributed by atoms with Crippen molar-refractivity contribution in [1.82, 2.24) is 0 Å². The van der Waals surface area contributed by atoms with E-state index in [4.69, 9.17) is 21.1 Å². The number of halogens is 1. The van der Waals surface area contributed by atoms with Crippen molar-refractivity contribution in [2.75, 3.05) is 12.4 Å². The van der Waals surface area contributed by atoms with Crippen LogP contribution in [-0.4, -0.2) is 13.2 Å². The molecule has 112 valence electrons. The van der Waals surface area contributed by atoms with Crippen molar-refractivity contribution in [3.63, 3.8) is 0 Å². The number of benzene rings is 2. The Morgan fingerprint density at radius 2 is 1.86 bits per heavy atom. The molecular weight excluding hydrogens is 286 g/mol. The molecule has 0 aliphatic rings. The lowest BCUT2D eigenvalue weighted by molar-refractivity contribution is 0.230. The Morgan fingerprint density at radius 1 is 1.14 bits per heavy atom. The van der Waals surface area contributed by atoms with E-state index in [2.05, 4.69) is 5.32 Å². The minimum absolute atomic E-state index is 0.0460. The molecule has 0 fully saturated rings. The van der Waals surface area contributed by atoms with Gasteiger partial charge in [-0.15, -0.1) is 0 Å². The number of methoxy groups -OCH3 is 1. The quantitative estimate of drug-likeness (QED) is 0.835. The predicted octanol–water partition coefficient (Wildman–Crippen LogP) is 4.75. The molecule has 0 heterocycles. The van der Waals surface area contributed by atoms with Crippen LogP contribution in [0.25, 0.3) is 0 Å². The number of nitrogens with one attached hydrogen (secondary N) is 1. The van der Waals surface area contributed by atoms with Crippen LogP contribution in [0.3, 0.4) is 0 Å². The van der Waals surface area contributed by atoms with Gasteiger partial charge in [-0.25, -0.2) is 0 Å². The van der Waals surface area contributed by atoms with Crippen LogP contribution < -0.4 is 14.8 Å². The fourth-order valence-corrected chi connectivity index (χ4v) is 2.26. The van der Waals surface area contributed by atoms with Crippen molar-refractivity contribution in [3.05, 3.63) is 53.1 Å². The van der Waals surface area contributed by atoms with Gasteiger partial charge in [-0.05, 0) is 43.7 Å². The summed E-state index contributed by atoms with van der Waals surface area (Å²) in [7, 11) is 1.62. The van der Waals surface area contributed by atoms with Crippen LogP contribution in [0.1, 0.15) is 19.4 Å². The lowest BCUT2D eigenvalue weighted by Crippen LogP contribution is -2.08. The summed E-state index contributed by atoms with van der Waals surface area (Å²) in [4.78, 5) is 0. The first-order chi connectivity index (χ1) is 10.1. The largest absolute Gasteiger partial charge is 0.493 e. The van der Waals surface area contributed by atoms with Crippen molar-refractivity contribution in [1.29, 1.82) is 0 Å². The van der Waals surface area contributed by atoms with Crippen LogP contribution >= 0.6 is 11.6 Å². The van der Waals surface area contributed by atoms with Crippen LogP contribution in [-0.2, 0) is 6.54 Å². The van der Waals surface area contributed by atoms with Crippen LogP contribution in [0.5, 0.6) is 11.5 Å². The second kappa shape index (κ2) is 7.23. The standard InChI is InChI=1S/C17H20ClNO2/c1-12(2)21-17-15(18)9-13(10-16(17)20-3)11-19-14-7-5-4-6-8-14/h4-10,12,19H,11H2,1-3H3. The van der Waals surface area contributed by atoms with Crippen molar-refractivity contribution >= 4 is 17.3 Å². The SMILES string of the molecule is COc1cc(CNc2ccccc2)cc(Cl)c1OC(C)C. The van der Waals surface area contributed by atoms with Crippen molar-refractivity contribution in [2.45, 2.75) is 26.5 Å². The fraction of sp³-hybridized carbons (Fsp3) is 0.294. The van der Waals surface area contributed by atoms with Crippen molar-refractivity contribution in [2.24, 2.45) is 0 Å². The molecule has 0 aromatic heterocycles. The molecule has 0 spiro atoms. The van der Waals surface area contributed by atoms with E-state index < -0.39 is 0 Å². The first kappa shape index (κ1) is 15.5. The monoisotopic (exact) mass is 305 g/mol. The maximum absolute atomic E-state index is 6.31. The molecule has 3 nitrogen and oxygen atoms in total. The Hall–Kier alpha value is -1.87. The topological polar surface area (TPSA) is 30.5 Å². The van der Waals surface area contributed by atoms with Gasteiger partial charge >= 0.3 is 0 Å². The third-order valence-electron chi connectivity index (χ3n) is 2.91. The zero-order valence-electron chi connectivity index (χ0n) is 12.5. The van der Waals surface area contributed by atoms with E-state index in [0.29, 0.717) is 23.1 Å². The molecule has 0 amide bonds. The second-order valence-electron chi connectivity index (χ2n) is 5.00. The minimum Gasteiger partial charge on any atom is -0.493 e. The maximum Gasteiger partial charge on any atom is 0.180 e. The number of hydrogen-bond donors (Lipinski definition) is 1. The van der Waals surface area contributed by atoms with Crippen LogP contribution in [0, 0.1) is 0 Å². The normalized spacial score (nSPS) is 10.5. The maximum atomic E-state index is 6.31. The smallest absolute Gasteiger partial charge is 0.180 e. The first-order valence-electron chi connectivity index (χ1n) is 6.92. The number of hydrogen-bond acceptors (Lipinski definition) is 3. The molecule has 0 bridgehead atoms. The van der Waals surface area contributed by atoms with Gasteiger partial charge in [0.15, 0.2) is 11.5 Å². The molecule has 2 aromatic rings. The summed E-state index contributed by atoms with van der Waals surface area (Å²) in [5, 5.41) is 3.91. The van der Waals surface area contributed by atoms with E-state index in [0.717, 1.165) is 11.3 Å². The molecule has 0 aliphatic heterocycles. The summed E-state index contributed by atoms with van der Waals surface area (Å²) < 4.78 is 11.1. The van der Waals surface area contributed by atoms with Gasteiger partial charge in [0.2, 0.25) is 0 Å². The molecule has 0 unspecified atom stereocenters. The Kier molecular flexibility index (Phi) is 5.34. The third-order valence-corrected chi connectivity index (χ3v) is 3.19. The van der Waals surface area contributed by atoms with Crippen LogP contribution in [0.2, 0.25) is 5.02 Å². The van der Waals surface area contributed by atoms with Gasteiger partial charge < -0.3 is 14.8 Å². The zero-order chi connectivity index (χ0) is 15.2. The van der Waals surface area contributed by atoms with Gasteiger partial charge in [-0.3, -0.25) is 0 Å². The Bertz CT molecular complexity index is 585. The number of para-hydroxylation sites is 1. The van der Waals surface area contributed by atoms with Gasteiger partial charge in [-0.2, -0.15) is 0 Å². The summed E-state index contributed by atoms with van der Waals surface area (Å²) in [6.07, 6.45) is 0.0460. The summed E-state index contributed by atoms with van der Waals surface area (Å²) >= 11 is 6.31. The van der Waals surface area contributed by atoms with Crippen LogP contribution in [0.15, 0.2) is 42.5 Å². The number of rotatable bonds is 6. The average molecular weight is 306 g/mol. The molecule has 2 rings (SSSR count). The summed E-state index contributed by atoms with van der Waals surface area (Å²) in [6.45, 7) is 4.59. The van der Waals surface area contributed by atoms with Gasteiger partial charge in [0.05, 0.1) is 18.2 Å². The van der Waals surface area contributed by atoms with E-state index in [-0.39, 0.29) is 6.10 Å². The Labute approximate surface area is 130 Å². The highest BCUT2D eigenvalue weighted by Gasteiger charge is 2.13. The summed E-state index contributed by atoms with van der Waals surface area (Å²) in [5.74, 6) is 1.25. The molecular formula is C17H20ClNO2. The first-order valence-corrected chi connectivity index (χ1v) is 7.30. The van der Waals surface area contributed by atoms with Gasteiger partial charge in [-0.1, -0.05) is 29.8 Å². The van der Waals surface area contributed by atoms with Gasteiger partial charge in [0.25, 0.3) is 0 Å². The molecule has 21 heavy (non-hydrogen) atoms. The predicted molar refractivity (Wildman–Crippen MR) is 87.5 cm³/mol. The molecule has 1 N–H and O–H groups in total. The van der Waals surface area contributed by atoms with Gasteiger partial charge in [0.1, 0.15) is 0 Å². The summed E-state index contributed by atoms with van der Waals surface area (Å²) in [6, 6.07) is 13.9. The second-order valence-corrected chi connectivity index (χ2v) is 5.40. The highest BCUT2D eigenvalue weighted by Crippen LogP contribution is 2.37. The summed E-state index contributed by atoms with van der Waals surface area (Å²) in [5.41, 5.74) is 2.10. The average Bonchev–Trinajstić information content (AvgIpc) is 2.48. The molecule has 0 saturated heterocycles. The number of ether oxygens (including phenoxy) is 2. The Balaban J connectivity index is 2.16. The lowest BCUT2D eigenvalue weighted by atomic mass is 10.2. The Morgan fingerprint density at radius 3 is 2.48 bits per heavy atom. The third kappa shape index (κ3) is 4.30.